The van der Waals surface area contributed by atoms with E-state index in [4.69, 9.17) is 17.0 Å². The molecule has 12 heavy (non-hydrogen) atoms. The molecule has 0 atom stereocenters. The van der Waals surface area contributed by atoms with Gasteiger partial charge in [-0.3, -0.25) is 0 Å². The summed E-state index contributed by atoms with van der Waals surface area (Å²) in [4.78, 5) is 2.02. The maximum Gasteiger partial charge on any atom is 0.168 e. The maximum absolute atomic E-state index is 5.13. The Morgan fingerprint density at radius 3 is 2.58 bits per heavy atom. The summed E-state index contributed by atoms with van der Waals surface area (Å²) in [5.41, 5.74) is 0. The predicted octanol–water partition coefficient (Wildman–Crippen LogP) is 0.847. The van der Waals surface area contributed by atoms with E-state index in [9.17, 15) is 0 Å². The van der Waals surface area contributed by atoms with Crippen LogP contribution in [0.15, 0.2) is 0 Å². The van der Waals surface area contributed by atoms with Crippen LogP contribution in [0.1, 0.15) is 13.8 Å². The second-order valence-electron chi connectivity index (χ2n) is 2.93. The fourth-order valence-electron chi connectivity index (χ4n) is 0.619. The topological polar surface area (TPSA) is 24.5 Å². The molecule has 0 heterocycles. The maximum atomic E-state index is 5.13. The largest absolute Gasteiger partial charge is 0.383 e. The van der Waals surface area contributed by atoms with Gasteiger partial charge in [-0.25, -0.2) is 0 Å². The third kappa shape index (κ3) is 4.51. The SMILES string of the molecule is COCCNC(=S)N(C)C(C)C. The number of nitrogens with zero attached hydrogens (tertiary/aromatic N) is 1. The average molecular weight is 190 g/mol. The molecule has 0 fully saturated rings. The van der Waals surface area contributed by atoms with Crippen molar-refractivity contribution in [2.24, 2.45) is 0 Å². The summed E-state index contributed by atoms with van der Waals surface area (Å²) in [5.74, 6) is 0. The quantitative estimate of drug-likeness (QED) is 0.524. The zero-order valence-electron chi connectivity index (χ0n) is 8.26. The Kier molecular flexibility index (Phi) is 6.02. The van der Waals surface area contributed by atoms with Gasteiger partial charge < -0.3 is 15.0 Å². The van der Waals surface area contributed by atoms with Gasteiger partial charge in [0.1, 0.15) is 0 Å². The van der Waals surface area contributed by atoms with Crippen molar-refractivity contribution >= 4 is 17.3 Å². The zero-order chi connectivity index (χ0) is 9.56. The molecular weight excluding hydrogens is 172 g/mol. The summed E-state index contributed by atoms with van der Waals surface area (Å²) in [6.07, 6.45) is 0. The summed E-state index contributed by atoms with van der Waals surface area (Å²) in [6.45, 7) is 5.66. The first-order valence-electron chi connectivity index (χ1n) is 4.09. The first-order chi connectivity index (χ1) is 5.59. The number of methoxy groups -OCH3 is 1. The Balaban J connectivity index is 3.57. The van der Waals surface area contributed by atoms with Crippen molar-refractivity contribution in [1.29, 1.82) is 0 Å². The lowest BCUT2D eigenvalue weighted by Crippen LogP contribution is -2.42. The first-order valence-corrected chi connectivity index (χ1v) is 4.50. The number of rotatable bonds is 4. The summed E-state index contributed by atoms with van der Waals surface area (Å²) < 4.78 is 4.89. The molecule has 0 saturated heterocycles. The van der Waals surface area contributed by atoms with Crippen molar-refractivity contribution in [2.75, 3.05) is 27.3 Å². The molecule has 0 aromatic carbocycles. The molecule has 0 aromatic heterocycles. The molecule has 0 aliphatic carbocycles. The van der Waals surface area contributed by atoms with Crippen LogP contribution >= 0.6 is 12.2 Å². The van der Waals surface area contributed by atoms with E-state index in [0.717, 1.165) is 11.7 Å². The third-order valence-electron chi connectivity index (χ3n) is 1.68. The standard InChI is InChI=1S/C8H18N2OS/c1-7(2)10(3)8(12)9-5-6-11-4/h7H,5-6H2,1-4H3,(H,9,12). The Morgan fingerprint density at radius 2 is 2.17 bits per heavy atom. The van der Waals surface area contributed by atoms with Crippen LogP contribution < -0.4 is 5.32 Å². The minimum Gasteiger partial charge on any atom is -0.383 e. The van der Waals surface area contributed by atoms with E-state index in [-0.39, 0.29) is 0 Å². The highest BCUT2D eigenvalue weighted by atomic mass is 32.1. The molecule has 0 saturated carbocycles. The molecule has 0 unspecified atom stereocenters. The predicted molar refractivity (Wildman–Crippen MR) is 55.4 cm³/mol. The Labute approximate surface area is 80.1 Å². The normalized spacial score (nSPS) is 10.1. The van der Waals surface area contributed by atoms with Gasteiger partial charge in [-0.1, -0.05) is 0 Å². The van der Waals surface area contributed by atoms with E-state index < -0.39 is 0 Å². The van der Waals surface area contributed by atoms with Gasteiger partial charge in [0.15, 0.2) is 5.11 Å². The molecule has 0 rings (SSSR count). The fourth-order valence-corrected chi connectivity index (χ4v) is 0.932. The van der Waals surface area contributed by atoms with Gasteiger partial charge in [-0.15, -0.1) is 0 Å². The molecule has 0 aliphatic heterocycles. The molecule has 4 heteroatoms. The van der Waals surface area contributed by atoms with E-state index in [1.165, 1.54) is 0 Å². The van der Waals surface area contributed by atoms with Crippen molar-refractivity contribution in [1.82, 2.24) is 10.2 Å². The van der Waals surface area contributed by atoms with Gasteiger partial charge in [0.2, 0.25) is 0 Å². The highest BCUT2D eigenvalue weighted by molar-refractivity contribution is 7.80. The van der Waals surface area contributed by atoms with Gasteiger partial charge in [0, 0.05) is 26.7 Å². The van der Waals surface area contributed by atoms with Crippen LogP contribution in [-0.2, 0) is 4.74 Å². The van der Waals surface area contributed by atoms with Crippen molar-refractivity contribution < 1.29 is 4.74 Å². The molecule has 0 aliphatic rings. The number of thiocarbonyl (C=S) groups is 1. The molecular formula is C8H18N2OS. The minimum absolute atomic E-state index is 0.438. The lowest BCUT2D eigenvalue weighted by Gasteiger charge is -2.24. The molecule has 0 aromatic rings. The highest BCUT2D eigenvalue weighted by Crippen LogP contribution is 1.93. The van der Waals surface area contributed by atoms with Crippen molar-refractivity contribution in [3.8, 4) is 0 Å². The van der Waals surface area contributed by atoms with E-state index in [1.807, 2.05) is 11.9 Å². The Bertz CT molecular complexity index is 139. The van der Waals surface area contributed by atoms with Crippen LogP contribution in [0.2, 0.25) is 0 Å². The van der Waals surface area contributed by atoms with Crippen LogP contribution in [0.4, 0.5) is 0 Å². The van der Waals surface area contributed by atoms with E-state index in [1.54, 1.807) is 7.11 Å². The van der Waals surface area contributed by atoms with Gasteiger partial charge in [0.05, 0.1) is 6.61 Å². The Hall–Kier alpha value is -0.350. The lowest BCUT2D eigenvalue weighted by molar-refractivity contribution is 0.203. The first kappa shape index (κ1) is 11.6. The van der Waals surface area contributed by atoms with Gasteiger partial charge in [-0.2, -0.15) is 0 Å². The monoisotopic (exact) mass is 190 g/mol. The number of nitrogens with one attached hydrogen (secondary N) is 1. The van der Waals surface area contributed by atoms with Crippen molar-refractivity contribution in [2.45, 2.75) is 19.9 Å². The van der Waals surface area contributed by atoms with Gasteiger partial charge in [0.25, 0.3) is 0 Å². The zero-order valence-corrected chi connectivity index (χ0v) is 9.07. The van der Waals surface area contributed by atoms with E-state index in [0.29, 0.717) is 12.6 Å². The van der Waals surface area contributed by atoms with Crippen molar-refractivity contribution in [3.05, 3.63) is 0 Å². The summed E-state index contributed by atoms with van der Waals surface area (Å²) >= 11 is 5.13. The van der Waals surface area contributed by atoms with Crippen LogP contribution in [0.5, 0.6) is 0 Å². The average Bonchev–Trinajstić information content (AvgIpc) is 2.03. The number of hydrogen-bond acceptors (Lipinski definition) is 2. The fraction of sp³-hybridized carbons (Fsp3) is 0.875. The third-order valence-corrected chi connectivity index (χ3v) is 2.11. The molecule has 72 valence electrons. The smallest absolute Gasteiger partial charge is 0.168 e. The molecule has 1 N–H and O–H groups in total. The van der Waals surface area contributed by atoms with Crippen LogP contribution in [0.3, 0.4) is 0 Å². The second kappa shape index (κ2) is 6.20. The Morgan fingerprint density at radius 1 is 1.58 bits per heavy atom. The van der Waals surface area contributed by atoms with Gasteiger partial charge in [-0.05, 0) is 26.1 Å². The van der Waals surface area contributed by atoms with Gasteiger partial charge >= 0.3 is 0 Å². The second-order valence-corrected chi connectivity index (χ2v) is 3.32. The molecule has 0 bridgehead atoms. The summed E-state index contributed by atoms with van der Waals surface area (Å²) in [6, 6.07) is 0.438. The lowest BCUT2D eigenvalue weighted by atomic mass is 10.4. The minimum atomic E-state index is 0.438. The van der Waals surface area contributed by atoms with E-state index in [2.05, 4.69) is 19.2 Å². The van der Waals surface area contributed by atoms with E-state index >= 15 is 0 Å². The van der Waals surface area contributed by atoms with Crippen molar-refractivity contribution in [3.63, 3.8) is 0 Å². The highest BCUT2D eigenvalue weighted by Gasteiger charge is 2.05. The summed E-state index contributed by atoms with van der Waals surface area (Å²) in [5, 5.41) is 3.88. The summed E-state index contributed by atoms with van der Waals surface area (Å²) in [7, 11) is 3.66. The van der Waals surface area contributed by atoms with Crippen LogP contribution in [-0.4, -0.2) is 43.4 Å². The molecule has 3 nitrogen and oxygen atoms in total. The molecule has 0 radical (unpaired) electrons. The number of ether oxygens (including phenoxy) is 1. The number of hydrogen-bond donors (Lipinski definition) is 1. The molecule has 0 spiro atoms. The molecule has 0 amide bonds. The van der Waals surface area contributed by atoms with Crippen LogP contribution in [0.25, 0.3) is 0 Å². The van der Waals surface area contributed by atoms with Crippen LogP contribution in [0, 0.1) is 0 Å².